The zero-order chi connectivity index (χ0) is 15.4. The van der Waals surface area contributed by atoms with E-state index in [1.807, 2.05) is 25.3 Å². The Morgan fingerprint density at radius 3 is 2.76 bits per heavy atom. The van der Waals surface area contributed by atoms with E-state index < -0.39 is 4.92 Å². The van der Waals surface area contributed by atoms with Gasteiger partial charge in [-0.05, 0) is 25.3 Å². The number of nitro groups is 1. The number of hydrogen-bond acceptors (Lipinski definition) is 6. The van der Waals surface area contributed by atoms with Gasteiger partial charge in [-0.1, -0.05) is 6.07 Å². The Bertz CT molecular complexity index is 613. The molecule has 0 amide bonds. The Balaban J connectivity index is 2.39. The van der Waals surface area contributed by atoms with Crippen molar-refractivity contribution in [2.75, 3.05) is 17.3 Å². The molecule has 21 heavy (non-hydrogen) atoms. The summed E-state index contributed by atoms with van der Waals surface area (Å²) in [6, 6.07) is 7.20. The molecule has 0 aliphatic heterocycles. The summed E-state index contributed by atoms with van der Waals surface area (Å²) in [5.41, 5.74) is 0.0428. The molecule has 0 atom stereocenters. The van der Waals surface area contributed by atoms with Crippen LogP contribution in [0.5, 0.6) is 0 Å². The van der Waals surface area contributed by atoms with E-state index in [0.29, 0.717) is 18.2 Å². The van der Waals surface area contributed by atoms with Gasteiger partial charge in [0.15, 0.2) is 0 Å². The maximum atomic E-state index is 11.1. The normalized spacial score (nSPS) is 10.7. The van der Waals surface area contributed by atoms with Gasteiger partial charge in [0.05, 0.1) is 23.6 Å². The summed E-state index contributed by atoms with van der Waals surface area (Å²) in [7, 11) is 1.70. The maximum absolute atomic E-state index is 11.1. The van der Waals surface area contributed by atoms with Crippen LogP contribution in [0, 0.1) is 10.1 Å². The molecule has 0 unspecified atom stereocenters. The zero-order valence-electron chi connectivity index (χ0n) is 12.2. The third kappa shape index (κ3) is 3.69. The lowest BCUT2D eigenvalue weighted by atomic mass is 10.2. The molecule has 0 spiro atoms. The molecule has 0 aliphatic carbocycles. The van der Waals surface area contributed by atoms with Crippen molar-refractivity contribution in [1.82, 2.24) is 4.98 Å². The van der Waals surface area contributed by atoms with Gasteiger partial charge in [-0.2, -0.15) is 0 Å². The first kappa shape index (κ1) is 15.2. The lowest BCUT2D eigenvalue weighted by Gasteiger charge is -2.27. The molecule has 2 rings (SSSR count). The molecule has 0 radical (unpaired) electrons. The van der Waals surface area contributed by atoms with Crippen LogP contribution in [0.15, 0.2) is 29.6 Å². The van der Waals surface area contributed by atoms with Gasteiger partial charge in [-0.15, -0.1) is 11.3 Å². The molecule has 7 heteroatoms. The van der Waals surface area contributed by atoms with Crippen molar-refractivity contribution in [2.24, 2.45) is 0 Å². The van der Waals surface area contributed by atoms with Crippen molar-refractivity contribution < 1.29 is 4.92 Å². The van der Waals surface area contributed by atoms with Crippen LogP contribution in [0.25, 0.3) is 0 Å². The Labute approximate surface area is 127 Å². The van der Waals surface area contributed by atoms with Gasteiger partial charge in [-0.25, -0.2) is 4.98 Å². The molecule has 0 aromatic carbocycles. The Hall–Kier alpha value is -2.15. The Morgan fingerprint density at radius 2 is 2.24 bits per heavy atom. The standard InChI is InChI=1S/C14H18N4O2S/c1-10(2)17(9-12-5-4-6-21-12)14-8-11(18(19)20)7-13(15-3)16-14/h4-8,10H,9H2,1-3H3,(H,15,16). The summed E-state index contributed by atoms with van der Waals surface area (Å²) in [5, 5.41) is 16.0. The summed E-state index contributed by atoms with van der Waals surface area (Å²) in [6.45, 7) is 4.78. The van der Waals surface area contributed by atoms with Crippen molar-refractivity contribution in [3.8, 4) is 0 Å². The van der Waals surface area contributed by atoms with E-state index in [-0.39, 0.29) is 11.7 Å². The molecule has 2 heterocycles. The minimum absolute atomic E-state index is 0.0428. The van der Waals surface area contributed by atoms with E-state index in [1.165, 1.54) is 17.0 Å². The van der Waals surface area contributed by atoms with E-state index >= 15 is 0 Å². The first-order valence-electron chi connectivity index (χ1n) is 6.64. The molecular weight excluding hydrogens is 288 g/mol. The fourth-order valence-electron chi connectivity index (χ4n) is 1.98. The van der Waals surface area contributed by atoms with E-state index in [9.17, 15) is 10.1 Å². The fraction of sp³-hybridized carbons (Fsp3) is 0.357. The van der Waals surface area contributed by atoms with Crippen LogP contribution in [0.2, 0.25) is 0 Å². The van der Waals surface area contributed by atoms with Crippen molar-refractivity contribution in [3.05, 3.63) is 44.6 Å². The van der Waals surface area contributed by atoms with Crippen LogP contribution in [-0.4, -0.2) is 23.0 Å². The van der Waals surface area contributed by atoms with Gasteiger partial charge in [0.2, 0.25) is 0 Å². The lowest BCUT2D eigenvalue weighted by molar-refractivity contribution is -0.384. The smallest absolute Gasteiger partial charge is 0.276 e. The van der Waals surface area contributed by atoms with E-state index in [2.05, 4.69) is 21.3 Å². The summed E-state index contributed by atoms with van der Waals surface area (Å²) < 4.78 is 0. The molecule has 0 fully saturated rings. The Morgan fingerprint density at radius 1 is 1.48 bits per heavy atom. The highest BCUT2D eigenvalue weighted by Crippen LogP contribution is 2.26. The number of thiophene rings is 1. The molecule has 0 saturated heterocycles. The topological polar surface area (TPSA) is 71.3 Å². The van der Waals surface area contributed by atoms with Crippen LogP contribution in [0.1, 0.15) is 18.7 Å². The number of hydrogen-bond donors (Lipinski definition) is 1. The predicted octanol–water partition coefficient (Wildman–Crippen LogP) is 3.51. The minimum Gasteiger partial charge on any atom is -0.373 e. The molecule has 6 nitrogen and oxygen atoms in total. The van der Waals surface area contributed by atoms with Crippen molar-refractivity contribution in [2.45, 2.75) is 26.4 Å². The highest BCUT2D eigenvalue weighted by atomic mass is 32.1. The molecule has 0 bridgehead atoms. The average Bonchev–Trinajstić information content (AvgIpc) is 2.96. The van der Waals surface area contributed by atoms with Gasteiger partial charge < -0.3 is 10.2 Å². The number of anilines is 2. The van der Waals surface area contributed by atoms with Gasteiger partial charge in [0.1, 0.15) is 11.6 Å². The largest absolute Gasteiger partial charge is 0.373 e. The number of rotatable bonds is 6. The minimum atomic E-state index is -0.393. The van der Waals surface area contributed by atoms with E-state index in [0.717, 1.165) is 0 Å². The van der Waals surface area contributed by atoms with Crippen LogP contribution in [0.4, 0.5) is 17.3 Å². The second-order valence-electron chi connectivity index (χ2n) is 4.88. The fourth-order valence-corrected chi connectivity index (χ4v) is 2.68. The second-order valence-corrected chi connectivity index (χ2v) is 5.91. The number of pyridine rings is 1. The van der Waals surface area contributed by atoms with Gasteiger partial charge in [-0.3, -0.25) is 10.1 Å². The zero-order valence-corrected chi connectivity index (χ0v) is 13.1. The van der Waals surface area contributed by atoms with Crippen LogP contribution in [0.3, 0.4) is 0 Å². The Kier molecular flexibility index (Phi) is 4.74. The highest BCUT2D eigenvalue weighted by Gasteiger charge is 2.18. The average molecular weight is 306 g/mol. The lowest BCUT2D eigenvalue weighted by Crippen LogP contribution is -2.30. The quantitative estimate of drug-likeness (QED) is 0.653. The molecular formula is C14H18N4O2S. The summed E-state index contributed by atoms with van der Waals surface area (Å²) in [4.78, 5) is 18.4. The molecule has 2 aromatic rings. The third-order valence-corrected chi connectivity index (χ3v) is 3.95. The third-order valence-electron chi connectivity index (χ3n) is 3.09. The van der Waals surface area contributed by atoms with Crippen molar-refractivity contribution >= 4 is 28.7 Å². The van der Waals surface area contributed by atoms with E-state index in [4.69, 9.17) is 0 Å². The summed E-state index contributed by atoms with van der Waals surface area (Å²) >= 11 is 1.66. The van der Waals surface area contributed by atoms with Crippen molar-refractivity contribution in [1.29, 1.82) is 0 Å². The van der Waals surface area contributed by atoms with Gasteiger partial charge in [0, 0.05) is 18.0 Å². The highest BCUT2D eigenvalue weighted by molar-refractivity contribution is 7.09. The van der Waals surface area contributed by atoms with Crippen LogP contribution in [-0.2, 0) is 6.54 Å². The molecule has 1 N–H and O–H groups in total. The monoisotopic (exact) mass is 306 g/mol. The molecule has 0 saturated carbocycles. The molecule has 112 valence electrons. The van der Waals surface area contributed by atoms with Crippen molar-refractivity contribution in [3.63, 3.8) is 0 Å². The molecule has 0 aliphatic rings. The maximum Gasteiger partial charge on any atom is 0.276 e. The number of nitrogens with zero attached hydrogens (tertiary/aromatic N) is 3. The van der Waals surface area contributed by atoms with E-state index in [1.54, 1.807) is 18.4 Å². The van der Waals surface area contributed by atoms with Crippen LogP contribution >= 0.6 is 11.3 Å². The van der Waals surface area contributed by atoms with Gasteiger partial charge >= 0.3 is 0 Å². The summed E-state index contributed by atoms with van der Waals surface area (Å²) in [5.74, 6) is 1.10. The second kappa shape index (κ2) is 6.53. The predicted molar refractivity (Wildman–Crippen MR) is 86.1 cm³/mol. The number of nitrogens with one attached hydrogen (secondary N) is 1. The van der Waals surface area contributed by atoms with Gasteiger partial charge in [0.25, 0.3) is 5.69 Å². The number of aromatic nitrogens is 1. The summed E-state index contributed by atoms with van der Waals surface area (Å²) in [6.07, 6.45) is 0. The first-order chi connectivity index (χ1) is 10.0. The first-order valence-corrected chi connectivity index (χ1v) is 7.52. The SMILES string of the molecule is CNc1cc([N+](=O)[O-])cc(N(Cc2cccs2)C(C)C)n1. The molecule has 2 aromatic heterocycles. The van der Waals surface area contributed by atoms with Crippen LogP contribution < -0.4 is 10.2 Å².